The molecule has 27 heavy (non-hydrogen) atoms. The summed E-state index contributed by atoms with van der Waals surface area (Å²) in [5, 5.41) is 10.2. The summed E-state index contributed by atoms with van der Waals surface area (Å²) in [6.07, 6.45) is -1.47. The maximum Gasteiger partial charge on any atom is 0.442 e. The standard InChI is InChI=1S/C15H16F3N5O3S/c1-26-7-6-23-10-11(8-19-23)9-20-27(24,25)13-4-2-12(3-5-13)14(21-22-14)15(16,17)18/h2-5,8,10,20H,6-7,9H2,1H3. The van der Waals surface area contributed by atoms with Gasteiger partial charge in [-0.1, -0.05) is 12.1 Å². The molecule has 0 bridgehead atoms. The number of nitrogens with one attached hydrogen (secondary N) is 1. The Bertz CT molecular complexity index is 932. The minimum absolute atomic E-state index is 0.00573. The summed E-state index contributed by atoms with van der Waals surface area (Å²) in [5.74, 6) is 0. The molecule has 2 aromatic rings. The van der Waals surface area contributed by atoms with Gasteiger partial charge in [0, 0.05) is 31.0 Å². The number of hydrogen-bond acceptors (Lipinski definition) is 6. The van der Waals surface area contributed by atoms with E-state index in [2.05, 4.69) is 20.0 Å². The minimum atomic E-state index is -4.66. The van der Waals surface area contributed by atoms with Gasteiger partial charge >= 0.3 is 11.8 Å². The zero-order valence-electron chi connectivity index (χ0n) is 14.1. The Morgan fingerprint density at radius 3 is 2.44 bits per heavy atom. The molecule has 12 heteroatoms. The molecule has 8 nitrogen and oxygen atoms in total. The highest BCUT2D eigenvalue weighted by molar-refractivity contribution is 7.89. The third-order valence-electron chi connectivity index (χ3n) is 3.94. The van der Waals surface area contributed by atoms with E-state index in [4.69, 9.17) is 4.74 Å². The van der Waals surface area contributed by atoms with Crippen molar-refractivity contribution in [1.82, 2.24) is 14.5 Å². The monoisotopic (exact) mass is 403 g/mol. The molecule has 0 fully saturated rings. The van der Waals surface area contributed by atoms with E-state index in [1.54, 1.807) is 18.0 Å². The van der Waals surface area contributed by atoms with Gasteiger partial charge in [-0.05, 0) is 12.1 Å². The number of nitrogens with zero attached hydrogens (tertiary/aromatic N) is 4. The molecule has 1 aliphatic heterocycles. The Balaban J connectivity index is 1.66. The van der Waals surface area contributed by atoms with Crippen molar-refractivity contribution in [2.45, 2.75) is 29.8 Å². The second-order valence-corrected chi connectivity index (χ2v) is 7.59. The van der Waals surface area contributed by atoms with Gasteiger partial charge in [0.25, 0.3) is 0 Å². The van der Waals surface area contributed by atoms with Crippen LogP contribution in [0.4, 0.5) is 13.2 Å². The van der Waals surface area contributed by atoms with E-state index in [0.29, 0.717) is 18.7 Å². The number of aromatic nitrogens is 2. The minimum Gasteiger partial charge on any atom is -0.383 e. The number of hydrogen-bond donors (Lipinski definition) is 1. The molecule has 0 saturated carbocycles. The van der Waals surface area contributed by atoms with Crippen LogP contribution in [0.25, 0.3) is 0 Å². The van der Waals surface area contributed by atoms with Gasteiger partial charge in [-0.2, -0.15) is 18.3 Å². The van der Waals surface area contributed by atoms with E-state index in [0.717, 1.165) is 24.3 Å². The number of ether oxygens (including phenoxy) is 1. The number of halogens is 3. The quantitative estimate of drug-likeness (QED) is 0.731. The van der Waals surface area contributed by atoms with Crippen molar-refractivity contribution in [1.29, 1.82) is 0 Å². The first-order chi connectivity index (χ1) is 12.7. The Morgan fingerprint density at radius 1 is 1.22 bits per heavy atom. The average Bonchev–Trinajstić information content (AvgIpc) is 3.33. The van der Waals surface area contributed by atoms with Crippen molar-refractivity contribution in [3.8, 4) is 0 Å². The predicted octanol–water partition coefficient (Wildman–Crippen LogP) is 2.19. The highest BCUT2D eigenvalue weighted by Gasteiger charge is 2.65. The van der Waals surface area contributed by atoms with Crippen molar-refractivity contribution >= 4 is 10.0 Å². The summed E-state index contributed by atoms with van der Waals surface area (Å²) in [5.41, 5.74) is -2.16. The number of rotatable bonds is 8. The van der Waals surface area contributed by atoms with Crippen LogP contribution in [0.15, 0.2) is 51.8 Å². The van der Waals surface area contributed by atoms with Crippen LogP contribution in [0.2, 0.25) is 0 Å². The van der Waals surface area contributed by atoms with Gasteiger partial charge in [0.05, 0.1) is 24.2 Å². The van der Waals surface area contributed by atoms with E-state index in [1.807, 2.05) is 0 Å². The van der Waals surface area contributed by atoms with Crippen LogP contribution in [-0.2, 0) is 33.5 Å². The van der Waals surface area contributed by atoms with Gasteiger partial charge < -0.3 is 4.74 Å². The van der Waals surface area contributed by atoms with Crippen LogP contribution >= 0.6 is 0 Å². The Labute approximate surface area is 153 Å². The fourth-order valence-corrected chi connectivity index (χ4v) is 3.39. The lowest BCUT2D eigenvalue weighted by molar-refractivity contribution is -0.166. The largest absolute Gasteiger partial charge is 0.442 e. The van der Waals surface area contributed by atoms with Gasteiger partial charge in [0.2, 0.25) is 10.0 Å². The molecule has 1 N–H and O–H groups in total. The molecule has 0 saturated heterocycles. The Hall–Kier alpha value is -2.31. The fraction of sp³-hybridized carbons (Fsp3) is 0.400. The molecule has 1 aliphatic rings. The fourth-order valence-electron chi connectivity index (χ4n) is 2.38. The number of methoxy groups -OCH3 is 1. The number of sulfonamides is 1. The predicted molar refractivity (Wildman–Crippen MR) is 87.2 cm³/mol. The van der Waals surface area contributed by atoms with Gasteiger partial charge in [-0.25, -0.2) is 13.1 Å². The maximum atomic E-state index is 13.0. The Morgan fingerprint density at radius 2 is 1.89 bits per heavy atom. The molecule has 0 unspecified atom stereocenters. The molecule has 0 amide bonds. The molecule has 0 aliphatic carbocycles. The second kappa shape index (κ2) is 7.02. The molecular weight excluding hydrogens is 387 g/mol. The van der Waals surface area contributed by atoms with Gasteiger partial charge in [-0.15, -0.1) is 10.2 Å². The molecule has 1 aromatic carbocycles. The van der Waals surface area contributed by atoms with Gasteiger partial charge in [0.1, 0.15) is 0 Å². The van der Waals surface area contributed by atoms with Crippen molar-refractivity contribution < 1.29 is 26.3 Å². The summed E-state index contributed by atoms with van der Waals surface area (Å²) in [6.45, 7) is 0.993. The van der Waals surface area contributed by atoms with Crippen LogP contribution in [0.1, 0.15) is 11.1 Å². The highest BCUT2D eigenvalue weighted by atomic mass is 32.2. The molecule has 3 rings (SSSR count). The Kier molecular flexibility index (Phi) is 5.06. The average molecular weight is 403 g/mol. The van der Waals surface area contributed by atoms with Crippen molar-refractivity contribution in [2.75, 3.05) is 13.7 Å². The van der Waals surface area contributed by atoms with E-state index < -0.39 is 21.9 Å². The van der Waals surface area contributed by atoms with E-state index in [1.165, 1.54) is 6.20 Å². The molecule has 146 valence electrons. The first-order valence-electron chi connectivity index (χ1n) is 7.79. The smallest absolute Gasteiger partial charge is 0.383 e. The lowest BCUT2D eigenvalue weighted by Gasteiger charge is -2.15. The zero-order valence-corrected chi connectivity index (χ0v) is 15.0. The van der Waals surface area contributed by atoms with E-state index in [9.17, 15) is 21.6 Å². The molecule has 0 spiro atoms. The van der Waals surface area contributed by atoms with Gasteiger partial charge in [-0.3, -0.25) is 4.68 Å². The van der Waals surface area contributed by atoms with E-state index >= 15 is 0 Å². The lowest BCUT2D eigenvalue weighted by Crippen LogP contribution is -2.30. The third kappa shape index (κ3) is 4.01. The van der Waals surface area contributed by atoms with Gasteiger partial charge in [0.15, 0.2) is 0 Å². The zero-order chi connectivity index (χ0) is 19.7. The summed E-state index contributed by atoms with van der Waals surface area (Å²) >= 11 is 0. The molecule has 1 aromatic heterocycles. The van der Waals surface area contributed by atoms with Crippen molar-refractivity contribution in [2.24, 2.45) is 10.2 Å². The van der Waals surface area contributed by atoms with Crippen molar-refractivity contribution in [3.05, 3.63) is 47.8 Å². The topological polar surface area (TPSA) is 97.9 Å². The maximum absolute atomic E-state index is 13.0. The van der Waals surface area contributed by atoms with Crippen LogP contribution < -0.4 is 4.72 Å². The molecule has 0 radical (unpaired) electrons. The third-order valence-corrected chi connectivity index (χ3v) is 5.36. The molecular formula is C15H16F3N5O3S. The first kappa shape index (κ1) is 19.5. The molecule has 0 atom stereocenters. The van der Waals surface area contributed by atoms with Crippen LogP contribution in [-0.4, -0.2) is 38.1 Å². The summed E-state index contributed by atoms with van der Waals surface area (Å²) in [6, 6.07) is 4.31. The second-order valence-electron chi connectivity index (χ2n) is 5.82. The summed E-state index contributed by atoms with van der Waals surface area (Å²) in [7, 11) is -2.34. The highest BCUT2D eigenvalue weighted by Crippen LogP contribution is 2.52. The summed E-state index contributed by atoms with van der Waals surface area (Å²) in [4.78, 5) is -0.156. The lowest BCUT2D eigenvalue weighted by atomic mass is 10.0. The normalized spacial score (nSPS) is 15.9. The molecule has 2 heterocycles. The SMILES string of the molecule is COCCn1cc(CNS(=O)(=O)c2ccc(C3(C(F)(F)F)N=N3)cc2)cn1. The summed E-state index contributed by atoms with van der Waals surface area (Å²) < 4.78 is 72.5. The van der Waals surface area contributed by atoms with Crippen LogP contribution in [0.5, 0.6) is 0 Å². The van der Waals surface area contributed by atoms with Crippen LogP contribution in [0.3, 0.4) is 0 Å². The number of alkyl halides is 3. The van der Waals surface area contributed by atoms with E-state index in [-0.39, 0.29) is 17.0 Å². The first-order valence-corrected chi connectivity index (χ1v) is 9.27. The van der Waals surface area contributed by atoms with Crippen LogP contribution in [0, 0.1) is 0 Å². The number of benzene rings is 1. The van der Waals surface area contributed by atoms with Crippen molar-refractivity contribution in [3.63, 3.8) is 0 Å².